The van der Waals surface area contributed by atoms with E-state index in [-0.39, 0.29) is 24.9 Å². The van der Waals surface area contributed by atoms with Crippen LogP contribution in [0.3, 0.4) is 0 Å². The standard InChI is InChI=1S/C19H22FN3O3/c1-3-23(12-18(24)21-15-7-4-6-14(20)10-15)13-19(25)22-16-8-5-9-17(11-16)26-2/h4-11H,3,12-13H2,1-2H3,(H,21,24)(H,22,25)/p+1. The van der Waals surface area contributed by atoms with Crippen molar-refractivity contribution in [1.82, 2.24) is 0 Å². The molecule has 2 aromatic carbocycles. The van der Waals surface area contributed by atoms with Crippen LogP contribution in [0.4, 0.5) is 15.8 Å². The van der Waals surface area contributed by atoms with E-state index < -0.39 is 5.82 Å². The fourth-order valence-electron chi connectivity index (χ4n) is 2.44. The number of carbonyl (C=O) groups excluding carboxylic acids is 2. The zero-order chi connectivity index (χ0) is 18.9. The van der Waals surface area contributed by atoms with Crippen molar-refractivity contribution in [3.63, 3.8) is 0 Å². The van der Waals surface area contributed by atoms with E-state index in [1.807, 2.05) is 6.92 Å². The molecular formula is C19H23FN3O3+. The Kier molecular flexibility index (Phi) is 7.11. The maximum Gasteiger partial charge on any atom is 0.279 e. The highest BCUT2D eigenvalue weighted by molar-refractivity contribution is 5.93. The summed E-state index contributed by atoms with van der Waals surface area (Å²) in [5.74, 6) is -0.243. The molecule has 7 heteroatoms. The van der Waals surface area contributed by atoms with E-state index in [0.717, 1.165) is 4.90 Å². The monoisotopic (exact) mass is 360 g/mol. The summed E-state index contributed by atoms with van der Waals surface area (Å²) in [4.78, 5) is 25.1. The predicted octanol–water partition coefficient (Wildman–Crippen LogP) is 1.32. The summed E-state index contributed by atoms with van der Waals surface area (Å²) in [5.41, 5.74) is 1.03. The molecule has 3 N–H and O–H groups in total. The lowest BCUT2D eigenvalue weighted by Gasteiger charge is -2.17. The molecule has 138 valence electrons. The van der Waals surface area contributed by atoms with Crippen LogP contribution in [0.25, 0.3) is 0 Å². The number of likely N-dealkylation sites (N-methyl/N-ethyl adjacent to an activating group) is 1. The number of rotatable bonds is 8. The first-order chi connectivity index (χ1) is 12.5. The van der Waals surface area contributed by atoms with Crippen LogP contribution in [0.5, 0.6) is 5.75 Å². The number of benzene rings is 2. The summed E-state index contributed by atoms with van der Waals surface area (Å²) in [6.07, 6.45) is 0. The minimum absolute atomic E-state index is 0.110. The topological polar surface area (TPSA) is 71.9 Å². The summed E-state index contributed by atoms with van der Waals surface area (Å²) in [5, 5.41) is 5.43. The Morgan fingerprint density at radius 2 is 1.58 bits per heavy atom. The van der Waals surface area contributed by atoms with Gasteiger partial charge in [0.1, 0.15) is 11.6 Å². The fraction of sp³-hybridized carbons (Fsp3) is 0.263. The molecule has 2 rings (SSSR count). The molecule has 6 nitrogen and oxygen atoms in total. The second-order valence-electron chi connectivity index (χ2n) is 5.80. The van der Waals surface area contributed by atoms with Crippen LogP contribution < -0.4 is 20.3 Å². The Morgan fingerprint density at radius 1 is 1.00 bits per heavy atom. The Balaban J connectivity index is 1.87. The lowest BCUT2D eigenvalue weighted by Crippen LogP contribution is -3.13. The molecular weight excluding hydrogens is 337 g/mol. The summed E-state index contributed by atoms with van der Waals surface area (Å²) in [6, 6.07) is 12.8. The molecule has 0 bridgehead atoms. The van der Waals surface area contributed by atoms with Crippen molar-refractivity contribution in [3.05, 3.63) is 54.3 Å². The minimum atomic E-state index is -0.417. The van der Waals surface area contributed by atoms with Gasteiger partial charge in [-0.15, -0.1) is 0 Å². The molecule has 0 saturated carbocycles. The van der Waals surface area contributed by atoms with Gasteiger partial charge in [0, 0.05) is 17.4 Å². The molecule has 0 aliphatic heterocycles. The van der Waals surface area contributed by atoms with E-state index in [0.29, 0.717) is 23.7 Å². The maximum absolute atomic E-state index is 13.2. The second-order valence-corrected chi connectivity index (χ2v) is 5.80. The van der Waals surface area contributed by atoms with Crippen LogP contribution in [-0.2, 0) is 9.59 Å². The second kappa shape index (κ2) is 9.53. The molecule has 0 spiro atoms. The molecule has 1 atom stereocenters. The summed E-state index contributed by atoms with van der Waals surface area (Å²) >= 11 is 0. The van der Waals surface area contributed by atoms with Gasteiger partial charge in [-0.2, -0.15) is 0 Å². The Bertz CT molecular complexity index is 767. The van der Waals surface area contributed by atoms with E-state index in [1.54, 1.807) is 37.4 Å². The number of hydrogen-bond donors (Lipinski definition) is 3. The predicted molar refractivity (Wildman–Crippen MR) is 97.9 cm³/mol. The van der Waals surface area contributed by atoms with E-state index in [2.05, 4.69) is 10.6 Å². The highest BCUT2D eigenvalue weighted by Gasteiger charge is 2.17. The number of ether oxygens (including phenoxy) is 1. The normalized spacial score (nSPS) is 11.5. The Morgan fingerprint density at radius 3 is 2.12 bits per heavy atom. The number of anilines is 2. The molecule has 0 heterocycles. The van der Waals surface area contributed by atoms with Gasteiger partial charge in [-0.1, -0.05) is 12.1 Å². The molecule has 2 amide bonds. The average molecular weight is 360 g/mol. The van der Waals surface area contributed by atoms with Gasteiger partial charge >= 0.3 is 0 Å². The van der Waals surface area contributed by atoms with Crippen molar-refractivity contribution in [2.75, 3.05) is 37.4 Å². The lowest BCUT2D eigenvalue weighted by molar-refractivity contribution is -0.881. The van der Waals surface area contributed by atoms with E-state index in [1.165, 1.54) is 18.2 Å². The molecule has 0 fully saturated rings. The number of carbonyl (C=O) groups is 2. The summed E-state index contributed by atoms with van der Waals surface area (Å²) in [6.45, 7) is 2.74. The number of amides is 2. The lowest BCUT2D eigenvalue weighted by atomic mass is 10.3. The fourth-order valence-corrected chi connectivity index (χ4v) is 2.44. The van der Waals surface area contributed by atoms with Crippen LogP contribution in [-0.4, -0.2) is 38.6 Å². The first kappa shape index (κ1) is 19.4. The van der Waals surface area contributed by atoms with Gasteiger partial charge in [-0.3, -0.25) is 9.59 Å². The van der Waals surface area contributed by atoms with E-state index in [4.69, 9.17) is 4.74 Å². The molecule has 26 heavy (non-hydrogen) atoms. The molecule has 0 aliphatic rings. The highest BCUT2D eigenvalue weighted by Crippen LogP contribution is 2.16. The number of halogens is 1. The zero-order valence-electron chi connectivity index (χ0n) is 14.8. The molecule has 0 aliphatic carbocycles. The van der Waals surface area contributed by atoms with Crippen molar-refractivity contribution < 1.29 is 23.6 Å². The van der Waals surface area contributed by atoms with Crippen LogP contribution in [0.2, 0.25) is 0 Å². The van der Waals surface area contributed by atoms with Crippen molar-refractivity contribution in [2.45, 2.75) is 6.92 Å². The molecule has 0 radical (unpaired) electrons. The summed E-state index contributed by atoms with van der Waals surface area (Å²) < 4.78 is 18.3. The van der Waals surface area contributed by atoms with Gasteiger partial charge in [0.2, 0.25) is 0 Å². The molecule has 0 aromatic heterocycles. The van der Waals surface area contributed by atoms with E-state index >= 15 is 0 Å². The number of nitrogens with one attached hydrogen (secondary N) is 3. The van der Waals surface area contributed by atoms with Gasteiger partial charge in [0.15, 0.2) is 13.1 Å². The van der Waals surface area contributed by atoms with Gasteiger partial charge < -0.3 is 20.3 Å². The average Bonchev–Trinajstić information content (AvgIpc) is 2.61. The van der Waals surface area contributed by atoms with Crippen molar-refractivity contribution >= 4 is 23.2 Å². The SMILES string of the molecule is CC[NH+](CC(=O)Nc1cccc(F)c1)CC(=O)Nc1cccc(OC)c1. The Labute approximate surface area is 152 Å². The van der Waals surface area contributed by atoms with Gasteiger partial charge in [-0.05, 0) is 37.3 Å². The molecule has 2 aromatic rings. The Hall–Kier alpha value is -2.93. The third-order valence-electron chi connectivity index (χ3n) is 3.78. The molecule has 0 saturated heterocycles. The first-order valence-corrected chi connectivity index (χ1v) is 8.33. The van der Waals surface area contributed by atoms with Gasteiger partial charge in [0.25, 0.3) is 11.8 Å². The van der Waals surface area contributed by atoms with Gasteiger partial charge in [0.05, 0.1) is 13.7 Å². The first-order valence-electron chi connectivity index (χ1n) is 8.33. The van der Waals surface area contributed by atoms with Crippen LogP contribution in [0, 0.1) is 5.82 Å². The quantitative estimate of drug-likeness (QED) is 0.665. The van der Waals surface area contributed by atoms with Crippen LogP contribution in [0.1, 0.15) is 6.92 Å². The number of methoxy groups -OCH3 is 1. The van der Waals surface area contributed by atoms with Crippen molar-refractivity contribution in [2.24, 2.45) is 0 Å². The summed E-state index contributed by atoms with van der Waals surface area (Å²) in [7, 11) is 1.56. The van der Waals surface area contributed by atoms with Gasteiger partial charge in [-0.25, -0.2) is 4.39 Å². The third-order valence-corrected chi connectivity index (χ3v) is 3.78. The van der Waals surface area contributed by atoms with Crippen LogP contribution in [0.15, 0.2) is 48.5 Å². The van der Waals surface area contributed by atoms with Crippen LogP contribution >= 0.6 is 0 Å². The zero-order valence-corrected chi connectivity index (χ0v) is 14.8. The van der Waals surface area contributed by atoms with Crippen molar-refractivity contribution in [3.8, 4) is 5.75 Å². The van der Waals surface area contributed by atoms with E-state index in [9.17, 15) is 14.0 Å². The number of quaternary nitrogens is 1. The number of hydrogen-bond acceptors (Lipinski definition) is 3. The largest absolute Gasteiger partial charge is 0.497 e. The third kappa shape index (κ3) is 6.18. The highest BCUT2D eigenvalue weighted by atomic mass is 19.1. The minimum Gasteiger partial charge on any atom is -0.497 e. The smallest absolute Gasteiger partial charge is 0.279 e. The molecule has 1 unspecified atom stereocenters. The van der Waals surface area contributed by atoms with Crippen molar-refractivity contribution in [1.29, 1.82) is 0 Å². The maximum atomic E-state index is 13.2.